The molecule has 0 fully saturated rings. The number of hydrogen-bond donors (Lipinski definition) is 0. The molecule has 8 heterocycles. The van der Waals surface area contributed by atoms with E-state index in [-0.39, 0.29) is 5.69 Å². The Morgan fingerprint density at radius 2 is 0.875 bits per heavy atom. The maximum absolute atomic E-state index is 14.5. The number of rotatable bonds is 4. The predicted octanol–water partition coefficient (Wildman–Crippen LogP) is 6.95. The van der Waals surface area contributed by atoms with Crippen molar-refractivity contribution in [1.29, 1.82) is 0 Å². The topological polar surface area (TPSA) is 101 Å². The first-order valence-corrected chi connectivity index (χ1v) is 15.5. The minimum absolute atomic E-state index is 0.328. The van der Waals surface area contributed by atoms with E-state index in [1.807, 2.05) is 97.3 Å². The molecule has 10 nitrogen and oxygen atoms in total. The average molecular weight is 622 g/mol. The molecule has 48 heavy (non-hydrogen) atoms. The second kappa shape index (κ2) is 10.0. The van der Waals surface area contributed by atoms with Crippen molar-refractivity contribution in [2.24, 2.45) is 0 Å². The van der Waals surface area contributed by atoms with Crippen molar-refractivity contribution in [3.8, 4) is 23.3 Å². The standard InChI is InChI=1S/C38H23N9O/c48-38-46(35-15-5-13-33(42-35)44-28-10-3-1-8-24(28)26-17-20-39-22-31(26)44)30-12-7-19-41-37(30)47(38)36-16-6-14-34(43-36)45-29-11-4-2-9-25(29)27-18-21-40-23-32(27)45/h1-23H. The van der Waals surface area contributed by atoms with Crippen LogP contribution in [0.4, 0.5) is 0 Å². The minimum Gasteiger partial charge on any atom is -0.292 e. The van der Waals surface area contributed by atoms with Crippen LogP contribution in [0.1, 0.15) is 0 Å². The van der Waals surface area contributed by atoms with Crippen molar-refractivity contribution in [2.75, 3.05) is 0 Å². The third-order valence-corrected chi connectivity index (χ3v) is 8.91. The second-order valence-electron chi connectivity index (χ2n) is 11.5. The lowest BCUT2D eigenvalue weighted by Gasteiger charge is -2.09. The lowest BCUT2D eigenvalue weighted by molar-refractivity contribution is 0.870. The molecule has 0 aliphatic heterocycles. The molecular weight excluding hydrogens is 598 g/mol. The molecule has 0 N–H and O–H groups in total. The van der Waals surface area contributed by atoms with Gasteiger partial charge in [-0.05, 0) is 60.7 Å². The molecule has 0 aliphatic rings. The molecule has 0 bridgehead atoms. The maximum Gasteiger partial charge on any atom is 0.342 e. The van der Waals surface area contributed by atoms with Crippen molar-refractivity contribution >= 4 is 54.8 Å². The quantitative estimate of drug-likeness (QED) is 0.211. The van der Waals surface area contributed by atoms with Crippen LogP contribution in [0.3, 0.4) is 0 Å². The first-order valence-electron chi connectivity index (χ1n) is 15.5. The van der Waals surface area contributed by atoms with Crippen LogP contribution >= 0.6 is 0 Å². The molecule has 0 saturated carbocycles. The van der Waals surface area contributed by atoms with Gasteiger partial charge >= 0.3 is 5.69 Å². The number of pyridine rings is 5. The maximum atomic E-state index is 14.5. The summed E-state index contributed by atoms with van der Waals surface area (Å²) in [4.78, 5) is 38.1. The molecular formula is C38H23N9O. The molecule has 0 radical (unpaired) electrons. The lowest BCUT2D eigenvalue weighted by Crippen LogP contribution is -2.24. The fourth-order valence-electron chi connectivity index (χ4n) is 6.91. The van der Waals surface area contributed by atoms with Crippen LogP contribution in [-0.4, -0.2) is 43.2 Å². The Balaban J connectivity index is 1.18. The van der Waals surface area contributed by atoms with Crippen molar-refractivity contribution in [2.45, 2.75) is 0 Å². The van der Waals surface area contributed by atoms with E-state index in [9.17, 15) is 4.79 Å². The van der Waals surface area contributed by atoms with Gasteiger partial charge in [0.1, 0.15) is 23.3 Å². The number of hydrogen-bond acceptors (Lipinski definition) is 6. The van der Waals surface area contributed by atoms with E-state index in [1.54, 1.807) is 27.7 Å². The Kier molecular flexibility index (Phi) is 5.49. The summed E-state index contributed by atoms with van der Waals surface area (Å²) in [6.45, 7) is 0. The first-order chi connectivity index (χ1) is 23.8. The molecule has 0 amide bonds. The zero-order chi connectivity index (χ0) is 31.8. The van der Waals surface area contributed by atoms with Crippen molar-refractivity contribution < 1.29 is 0 Å². The van der Waals surface area contributed by atoms with Crippen molar-refractivity contribution in [3.05, 3.63) is 151 Å². The lowest BCUT2D eigenvalue weighted by atomic mass is 10.2. The van der Waals surface area contributed by atoms with Gasteiger partial charge in [0, 0.05) is 40.1 Å². The molecule has 8 aromatic heterocycles. The van der Waals surface area contributed by atoms with E-state index in [4.69, 9.17) is 9.97 Å². The van der Waals surface area contributed by atoms with E-state index in [1.165, 1.54) is 0 Å². The van der Waals surface area contributed by atoms with Gasteiger partial charge in [0.15, 0.2) is 5.65 Å². The summed E-state index contributed by atoms with van der Waals surface area (Å²) in [5.74, 6) is 2.24. The van der Waals surface area contributed by atoms with Crippen molar-refractivity contribution in [3.63, 3.8) is 0 Å². The number of para-hydroxylation sites is 2. The van der Waals surface area contributed by atoms with E-state index < -0.39 is 0 Å². The van der Waals surface area contributed by atoms with Gasteiger partial charge in [0.25, 0.3) is 0 Å². The Morgan fingerprint density at radius 1 is 0.396 bits per heavy atom. The molecule has 0 spiro atoms. The summed E-state index contributed by atoms with van der Waals surface area (Å²) in [5.41, 5.74) is 4.63. The van der Waals surface area contributed by atoms with E-state index in [0.29, 0.717) is 34.4 Å². The molecule has 10 heteroatoms. The van der Waals surface area contributed by atoms with Crippen LogP contribution in [0.5, 0.6) is 0 Å². The highest BCUT2D eigenvalue weighted by Crippen LogP contribution is 2.32. The summed E-state index contributed by atoms with van der Waals surface area (Å²) in [5, 5.41) is 4.36. The Hall–Kier alpha value is -6.94. The van der Waals surface area contributed by atoms with Gasteiger partial charge in [-0.15, -0.1) is 0 Å². The van der Waals surface area contributed by atoms with E-state index in [0.717, 1.165) is 43.6 Å². The number of nitrogens with zero attached hydrogens (tertiary/aromatic N) is 9. The van der Waals surface area contributed by atoms with Crippen LogP contribution in [-0.2, 0) is 0 Å². The summed E-state index contributed by atoms with van der Waals surface area (Å²) in [6, 6.07) is 35.5. The molecule has 10 rings (SSSR count). The monoisotopic (exact) mass is 621 g/mol. The minimum atomic E-state index is -0.328. The van der Waals surface area contributed by atoms with Gasteiger partial charge in [-0.2, -0.15) is 0 Å². The van der Waals surface area contributed by atoms with Gasteiger partial charge in [0.2, 0.25) is 0 Å². The molecule has 226 valence electrons. The van der Waals surface area contributed by atoms with Crippen LogP contribution < -0.4 is 5.69 Å². The van der Waals surface area contributed by atoms with Gasteiger partial charge in [-0.25, -0.2) is 28.9 Å². The average Bonchev–Trinajstić information content (AvgIpc) is 3.77. The molecule has 2 aromatic carbocycles. The SMILES string of the molecule is O=c1n(-c2cccc(-n3c4ccccc4c4ccncc43)n2)c2cccnc2n1-c1cccc(-n2c3ccccc3c3ccncc32)n1. The van der Waals surface area contributed by atoms with Crippen LogP contribution in [0.2, 0.25) is 0 Å². The van der Waals surface area contributed by atoms with Crippen LogP contribution in [0.15, 0.2) is 145 Å². The fourth-order valence-corrected chi connectivity index (χ4v) is 6.91. The summed E-state index contributed by atoms with van der Waals surface area (Å²) < 4.78 is 7.29. The normalized spacial score (nSPS) is 11.8. The highest BCUT2D eigenvalue weighted by atomic mass is 16.2. The Morgan fingerprint density at radius 3 is 1.46 bits per heavy atom. The predicted molar refractivity (Wildman–Crippen MR) is 187 cm³/mol. The molecule has 0 atom stereocenters. The summed E-state index contributed by atoms with van der Waals surface area (Å²) >= 11 is 0. The molecule has 0 aliphatic carbocycles. The van der Waals surface area contributed by atoms with Crippen LogP contribution in [0, 0.1) is 0 Å². The smallest absolute Gasteiger partial charge is 0.292 e. The zero-order valence-electron chi connectivity index (χ0n) is 25.2. The zero-order valence-corrected chi connectivity index (χ0v) is 25.2. The van der Waals surface area contributed by atoms with Gasteiger partial charge in [-0.1, -0.05) is 48.5 Å². The van der Waals surface area contributed by atoms with Gasteiger partial charge < -0.3 is 0 Å². The highest BCUT2D eigenvalue weighted by Gasteiger charge is 2.21. The molecule has 0 unspecified atom stereocenters. The van der Waals surface area contributed by atoms with Gasteiger partial charge in [-0.3, -0.25) is 19.1 Å². The third-order valence-electron chi connectivity index (χ3n) is 8.91. The fraction of sp³-hybridized carbons (Fsp3) is 0. The highest BCUT2D eigenvalue weighted by molar-refractivity contribution is 6.09. The van der Waals surface area contributed by atoms with Gasteiger partial charge in [0.05, 0.1) is 40.0 Å². The number of fused-ring (bicyclic) bond motifs is 7. The summed E-state index contributed by atoms with van der Waals surface area (Å²) in [7, 11) is 0. The Bertz CT molecular complexity index is 2640. The molecule has 10 aromatic rings. The van der Waals surface area contributed by atoms with Crippen LogP contribution in [0.25, 0.3) is 78.0 Å². The number of aromatic nitrogens is 9. The third kappa shape index (κ3) is 3.68. The van der Waals surface area contributed by atoms with E-state index in [2.05, 4.69) is 48.4 Å². The number of benzene rings is 2. The van der Waals surface area contributed by atoms with E-state index >= 15 is 0 Å². The van der Waals surface area contributed by atoms with Crippen molar-refractivity contribution in [1.82, 2.24) is 43.2 Å². The largest absolute Gasteiger partial charge is 0.342 e. The second-order valence-corrected chi connectivity index (χ2v) is 11.5. The Labute approximate surface area is 271 Å². The number of imidazole rings is 1. The molecule has 0 saturated heterocycles. The first kappa shape index (κ1) is 26.3. The summed E-state index contributed by atoms with van der Waals surface area (Å²) in [6.07, 6.45) is 8.96.